The Morgan fingerprint density at radius 2 is 1.85 bits per heavy atom. The number of nitrogens with zero attached hydrogens (tertiary/aromatic N) is 2. The summed E-state index contributed by atoms with van der Waals surface area (Å²) in [5.41, 5.74) is -0.203. The molecule has 1 aliphatic heterocycles. The molecule has 3 aromatic carbocycles. The Hall–Kier alpha value is -4.45. The average Bonchev–Trinajstić information content (AvgIpc) is 3.45. The van der Waals surface area contributed by atoms with Gasteiger partial charge in [0.1, 0.15) is 11.6 Å². The summed E-state index contributed by atoms with van der Waals surface area (Å²) in [5.74, 6) is -3.48. The molecule has 7 nitrogen and oxygen atoms in total. The quantitative estimate of drug-likeness (QED) is 0.244. The van der Waals surface area contributed by atoms with Gasteiger partial charge in [-0.15, -0.1) is 0 Å². The van der Waals surface area contributed by atoms with Crippen molar-refractivity contribution in [1.82, 2.24) is 15.1 Å². The standard InChI is InChI=1S/C27H19ClF5N5O2/c1-38-18(4-5-35-38)12-34-17-10-20-23(24(37-26(20)40)19-9-15(29)2-3-21(19)28)22(11-17)36-25(39)13-6-14(27(31,32)33)8-16(30)7-13/h2-11,24,34H,12H2,1H3,(H,36,39)(H,37,40). The number of anilines is 2. The van der Waals surface area contributed by atoms with Crippen LogP contribution in [0, 0.1) is 11.6 Å². The summed E-state index contributed by atoms with van der Waals surface area (Å²) in [7, 11) is 1.74. The number of nitrogens with one attached hydrogen (secondary N) is 3. The minimum Gasteiger partial charge on any atom is -0.379 e. The fourth-order valence-electron chi connectivity index (χ4n) is 4.45. The highest BCUT2D eigenvalue weighted by molar-refractivity contribution is 6.31. The lowest BCUT2D eigenvalue weighted by molar-refractivity contribution is -0.137. The van der Waals surface area contributed by atoms with Crippen molar-refractivity contribution in [2.24, 2.45) is 7.05 Å². The Kier molecular flexibility index (Phi) is 6.96. The number of amides is 2. The number of aromatic nitrogens is 2. The van der Waals surface area contributed by atoms with Crippen molar-refractivity contribution in [3.8, 4) is 0 Å². The van der Waals surface area contributed by atoms with Crippen LogP contribution < -0.4 is 16.0 Å². The first-order valence-electron chi connectivity index (χ1n) is 11.7. The summed E-state index contributed by atoms with van der Waals surface area (Å²) < 4.78 is 69.5. The van der Waals surface area contributed by atoms with Crippen LogP contribution in [0.25, 0.3) is 0 Å². The summed E-state index contributed by atoms with van der Waals surface area (Å²) in [6.45, 7) is 0.280. The van der Waals surface area contributed by atoms with Crippen molar-refractivity contribution in [2.45, 2.75) is 18.8 Å². The van der Waals surface area contributed by atoms with Gasteiger partial charge in [0.25, 0.3) is 11.8 Å². The van der Waals surface area contributed by atoms with Crippen LogP contribution in [-0.4, -0.2) is 21.6 Å². The third-order valence-electron chi connectivity index (χ3n) is 6.39. The molecule has 5 rings (SSSR count). The Bertz CT molecular complexity index is 1650. The molecule has 1 aromatic heterocycles. The Labute approximate surface area is 228 Å². The van der Waals surface area contributed by atoms with E-state index in [0.29, 0.717) is 17.8 Å². The van der Waals surface area contributed by atoms with Crippen molar-refractivity contribution in [3.05, 3.63) is 111 Å². The van der Waals surface area contributed by atoms with E-state index in [1.807, 2.05) is 0 Å². The van der Waals surface area contributed by atoms with E-state index >= 15 is 0 Å². The van der Waals surface area contributed by atoms with Gasteiger partial charge in [0, 0.05) is 51.9 Å². The summed E-state index contributed by atoms with van der Waals surface area (Å²) >= 11 is 6.30. The molecule has 0 radical (unpaired) electrons. The van der Waals surface area contributed by atoms with Gasteiger partial charge in [-0.3, -0.25) is 14.3 Å². The molecule has 0 bridgehead atoms. The van der Waals surface area contributed by atoms with Crippen LogP contribution in [0.3, 0.4) is 0 Å². The van der Waals surface area contributed by atoms with Gasteiger partial charge < -0.3 is 16.0 Å². The number of aryl methyl sites for hydroxylation is 1. The highest BCUT2D eigenvalue weighted by Gasteiger charge is 2.36. The lowest BCUT2D eigenvalue weighted by Crippen LogP contribution is -2.21. The Balaban J connectivity index is 1.58. The number of hydrogen-bond acceptors (Lipinski definition) is 4. The third kappa shape index (κ3) is 5.34. The maximum Gasteiger partial charge on any atom is 0.416 e. The number of alkyl halides is 3. The third-order valence-corrected chi connectivity index (χ3v) is 6.73. The van der Waals surface area contributed by atoms with Crippen LogP contribution in [0.2, 0.25) is 5.02 Å². The Morgan fingerprint density at radius 1 is 1.07 bits per heavy atom. The molecule has 1 unspecified atom stereocenters. The van der Waals surface area contributed by atoms with E-state index in [2.05, 4.69) is 21.0 Å². The van der Waals surface area contributed by atoms with Gasteiger partial charge in [-0.2, -0.15) is 18.3 Å². The van der Waals surface area contributed by atoms with Crippen LogP contribution >= 0.6 is 11.6 Å². The molecule has 4 aromatic rings. The predicted octanol–water partition coefficient (Wildman–Crippen LogP) is 6.07. The predicted molar refractivity (Wildman–Crippen MR) is 137 cm³/mol. The number of hydrogen-bond donors (Lipinski definition) is 3. The molecule has 1 aliphatic rings. The summed E-state index contributed by atoms with van der Waals surface area (Å²) in [6.07, 6.45) is -3.29. The minimum atomic E-state index is -4.89. The first-order valence-corrected chi connectivity index (χ1v) is 12.1. The number of rotatable bonds is 6. The summed E-state index contributed by atoms with van der Waals surface area (Å²) in [4.78, 5) is 26.1. The SMILES string of the molecule is Cn1nccc1CNc1cc(NC(=O)c2cc(F)cc(C(F)(F)F)c2)c2c(c1)C(=O)NC2c1cc(F)ccc1Cl. The largest absolute Gasteiger partial charge is 0.416 e. The second-order valence-electron chi connectivity index (χ2n) is 9.04. The maximum atomic E-state index is 14.1. The summed E-state index contributed by atoms with van der Waals surface area (Å²) in [6, 6.07) is 8.81. The molecule has 206 valence electrons. The minimum absolute atomic E-state index is 0.0245. The molecule has 1 atom stereocenters. The molecule has 13 heteroatoms. The fraction of sp³-hybridized carbons (Fsp3) is 0.148. The van der Waals surface area contributed by atoms with Crippen LogP contribution in [0.4, 0.5) is 33.3 Å². The van der Waals surface area contributed by atoms with Crippen molar-refractivity contribution in [3.63, 3.8) is 0 Å². The van der Waals surface area contributed by atoms with Gasteiger partial charge in [0.05, 0.1) is 23.8 Å². The van der Waals surface area contributed by atoms with Crippen molar-refractivity contribution in [1.29, 1.82) is 0 Å². The lowest BCUT2D eigenvalue weighted by atomic mass is 9.95. The van der Waals surface area contributed by atoms with Crippen molar-refractivity contribution < 1.29 is 31.5 Å². The van der Waals surface area contributed by atoms with E-state index in [1.165, 1.54) is 18.2 Å². The molecule has 0 saturated carbocycles. The number of fused-ring (bicyclic) bond motifs is 1. The van der Waals surface area contributed by atoms with Crippen LogP contribution in [-0.2, 0) is 19.8 Å². The highest BCUT2D eigenvalue weighted by Crippen LogP contribution is 2.41. The second-order valence-corrected chi connectivity index (χ2v) is 9.44. The van der Waals surface area contributed by atoms with E-state index in [-0.39, 0.29) is 40.0 Å². The first-order chi connectivity index (χ1) is 18.9. The fourth-order valence-corrected chi connectivity index (χ4v) is 4.68. The smallest absolute Gasteiger partial charge is 0.379 e. The van der Waals surface area contributed by atoms with Crippen LogP contribution in [0.5, 0.6) is 0 Å². The van der Waals surface area contributed by atoms with E-state index < -0.39 is 46.8 Å². The molecule has 0 spiro atoms. The molecular formula is C27H19ClF5N5O2. The summed E-state index contributed by atoms with van der Waals surface area (Å²) in [5, 5.41) is 12.5. The van der Waals surface area contributed by atoms with Gasteiger partial charge >= 0.3 is 6.18 Å². The van der Waals surface area contributed by atoms with E-state index in [1.54, 1.807) is 24.0 Å². The molecule has 40 heavy (non-hydrogen) atoms. The average molecular weight is 576 g/mol. The highest BCUT2D eigenvalue weighted by atomic mass is 35.5. The molecule has 2 amide bonds. The number of halogens is 6. The molecule has 0 saturated heterocycles. The second kappa shape index (κ2) is 10.3. The zero-order valence-corrected chi connectivity index (χ0v) is 21.3. The van der Waals surface area contributed by atoms with Gasteiger partial charge in [-0.05, 0) is 54.6 Å². The number of carbonyl (C=O) groups is 2. The number of benzene rings is 3. The molecule has 3 N–H and O–H groups in total. The van der Waals surface area contributed by atoms with Gasteiger partial charge in [0.15, 0.2) is 0 Å². The molecule has 0 aliphatic carbocycles. The zero-order chi connectivity index (χ0) is 28.8. The Morgan fingerprint density at radius 3 is 2.55 bits per heavy atom. The van der Waals surface area contributed by atoms with Crippen molar-refractivity contribution in [2.75, 3.05) is 10.6 Å². The van der Waals surface area contributed by atoms with Crippen molar-refractivity contribution >= 4 is 34.8 Å². The molecule has 0 fully saturated rings. The van der Waals surface area contributed by atoms with Gasteiger partial charge in [0.2, 0.25) is 0 Å². The van der Waals surface area contributed by atoms with E-state index in [9.17, 15) is 31.5 Å². The van der Waals surface area contributed by atoms with Gasteiger partial charge in [-0.1, -0.05) is 11.6 Å². The van der Waals surface area contributed by atoms with Crippen LogP contribution in [0.1, 0.15) is 49.1 Å². The molecular weight excluding hydrogens is 557 g/mol. The number of carbonyl (C=O) groups excluding carboxylic acids is 2. The van der Waals surface area contributed by atoms with E-state index in [4.69, 9.17) is 11.6 Å². The normalized spacial score (nSPS) is 14.6. The van der Waals surface area contributed by atoms with Gasteiger partial charge in [-0.25, -0.2) is 8.78 Å². The zero-order valence-electron chi connectivity index (χ0n) is 20.5. The topological polar surface area (TPSA) is 88.1 Å². The van der Waals surface area contributed by atoms with Crippen LogP contribution in [0.15, 0.2) is 60.8 Å². The molecule has 2 heterocycles. The monoisotopic (exact) mass is 575 g/mol. The lowest BCUT2D eigenvalue weighted by Gasteiger charge is -2.19. The maximum absolute atomic E-state index is 14.1. The first kappa shape index (κ1) is 27.1. The van der Waals surface area contributed by atoms with E-state index in [0.717, 1.165) is 17.8 Å².